The normalized spacial score (nSPS) is 15.6. The molecular weight excluding hydrogens is 260 g/mol. The minimum atomic E-state index is 0.796. The minimum Gasteiger partial charge on any atom is -0.357 e. The zero-order valence-corrected chi connectivity index (χ0v) is 12.3. The average molecular weight is 280 g/mol. The van der Waals surface area contributed by atoms with Gasteiger partial charge in [0.25, 0.3) is 0 Å². The van der Waals surface area contributed by atoms with Gasteiger partial charge in [0.2, 0.25) is 0 Å². The predicted octanol–water partition coefficient (Wildman–Crippen LogP) is 2.94. The first-order valence-electron chi connectivity index (χ1n) is 7.31. The van der Waals surface area contributed by atoms with Gasteiger partial charge in [-0.1, -0.05) is 36.4 Å². The molecule has 0 fully saturated rings. The summed E-state index contributed by atoms with van der Waals surface area (Å²) < 4.78 is 0. The van der Waals surface area contributed by atoms with Crippen molar-refractivity contribution in [3.8, 4) is 0 Å². The van der Waals surface area contributed by atoms with Crippen LogP contribution < -0.4 is 5.32 Å². The van der Waals surface area contributed by atoms with Gasteiger partial charge in [-0.2, -0.15) is 0 Å². The molecule has 0 spiro atoms. The van der Waals surface area contributed by atoms with Crippen LogP contribution in [0, 0.1) is 6.92 Å². The molecular formula is C17H20N4. The molecule has 0 radical (unpaired) electrons. The van der Waals surface area contributed by atoms with Crippen LogP contribution in [0.5, 0.6) is 0 Å². The Labute approximate surface area is 125 Å². The lowest BCUT2D eigenvalue weighted by atomic mass is 10.00. The molecule has 1 aromatic heterocycles. The second-order valence-electron chi connectivity index (χ2n) is 5.25. The summed E-state index contributed by atoms with van der Waals surface area (Å²) in [6, 6.07) is 12.5. The van der Waals surface area contributed by atoms with Gasteiger partial charge >= 0.3 is 0 Å². The van der Waals surface area contributed by atoms with E-state index in [9.17, 15) is 0 Å². The van der Waals surface area contributed by atoms with Crippen LogP contribution in [0.2, 0.25) is 0 Å². The fraction of sp³-hybridized carbons (Fsp3) is 0.294. The van der Waals surface area contributed by atoms with E-state index in [0.29, 0.717) is 0 Å². The lowest BCUT2D eigenvalue weighted by molar-refractivity contribution is 0.323. The highest BCUT2D eigenvalue weighted by atomic mass is 15.2. The van der Waals surface area contributed by atoms with E-state index in [1.165, 1.54) is 11.1 Å². The minimum absolute atomic E-state index is 0.796. The molecule has 2 aromatic rings. The molecule has 1 aliphatic heterocycles. The monoisotopic (exact) mass is 280 g/mol. The average Bonchev–Trinajstić information content (AvgIpc) is 2.54. The van der Waals surface area contributed by atoms with Crippen LogP contribution in [0.1, 0.15) is 17.8 Å². The number of nitrogens with zero attached hydrogens (tertiary/aromatic N) is 3. The van der Waals surface area contributed by atoms with Gasteiger partial charge in [-0.3, -0.25) is 4.90 Å². The number of aryl methyl sites for hydroxylation is 1. The van der Waals surface area contributed by atoms with Crippen molar-refractivity contribution >= 4 is 11.4 Å². The first-order valence-corrected chi connectivity index (χ1v) is 7.31. The van der Waals surface area contributed by atoms with Gasteiger partial charge < -0.3 is 5.32 Å². The quantitative estimate of drug-likeness (QED) is 0.935. The standard InChI is InChI=1S/C17H20N4/c1-14-18-10-7-17(20-14)19-13-21-11-8-16(9-12-21)15-5-3-2-4-6-15/h2-8,10H,9,11-13H2,1H3,(H,18,19,20). The molecule has 1 N–H and O–H groups in total. The summed E-state index contributed by atoms with van der Waals surface area (Å²) >= 11 is 0. The smallest absolute Gasteiger partial charge is 0.130 e. The molecule has 108 valence electrons. The number of hydrogen-bond donors (Lipinski definition) is 1. The second kappa shape index (κ2) is 6.50. The Balaban J connectivity index is 1.55. The van der Waals surface area contributed by atoms with E-state index in [4.69, 9.17) is 0 Å². The molecule has 4 nitrogen and oxygen atoms in total. The Morgan fingerprint density at radius 2 is 2.05 bits per heavy atom. The maximum atomic E-state index is 4.36. The van der Waals surface area contributed by atoms with Crippen molar-refractivity contribution in [2.75, 3.05) is 25.1 Å². The molecule has 4 heteroatoms. The van der Waals surface area contributed by atoms with E-state index in [2.05, 4.69) is 56.6 Å². The highest BCUT2D eigenvalue weighted by Crippen LogP contribution is 2.21. The SMILES string of the molecule is Cc1nccc(NCN2CC=C(c3ccccc3)CC2)n1. The zero-order valence-electron chi connectivity index (χ0n) is 12.3. The summed E-state index contributed by atoms with van der Waals surface area (Å²) in [6.07, 6.45) is 5.20. The summed E-state index contributed by atoms with van der Waals surface area (Å²) in [4.78, 5) is 10.8. The molecule has 1 aromatic carbocycles. The number of benzene rings is 1. The fourth-order valence-corrected chi connectivity index (χ4v) is 2.52. The molecule has 0 aliphatic carbocycles. The maximum absolute atomic E-state index is 4.36. The lowest BCUT2D eigenvalue weighted by Gasteiger charge is -2.26. The third-order valence-electron chi connectivity index (χ3n) is 3.70. The summed E-state index contributed by atoms with van der Waals surface area (Å²) in [5.41, 5.74) is 2.79. The molecule has 0 amide bonds. The molecule has 2 heterocycles. The van der Waals surface area contributed by atoms with E-state index < -0.39 is 0 Å². The van der Waals surface area contributed by atoms with Gasteiger partial charge in [-0.25, -0.2) is 9.97 Å². The van der Waals surface area contributed by atoms with Crippen molar-refractivity contribution in [1.29, 1.82) is 0 Å². The summed E-state index contributed by atoms with van der Waals surface area (Å²) in [7, 11) is 0. The van der Waals surface area contributed by atoms with E-state index in [0.717, 1.165) is 37.8 Å². The Hall–Kier alpha value is -2.20. The number of nitrogens with one attached hydrogen (secondary N) is 1. The van der Waals surface area contributed by atoms with Crippen LogP contribution in [0.15, 0.2) is 48.7 Å². The predicted molar refractivity (Wildman–Crippen MR) is 85.9 cm³/mol. The van der Waals surface area contributed by atoms with Gasteiger partial charge in [-0.15, -0.1) is 0 Å². The Morgan fingerprint density at radius 3 is 2.76 bits per heavy atom. The van der Waals surface area contributed by atoms with Gasteiger partial charge in [0.1, 0.15) is 11.6 Å². The zero-order chi connectivity index (χ0) is 14.5. The molecule has 0 atom stereocenters. The third-order valence-corrected chi connectivity index (χ3v) is 3.70. The second-order valence-corrected chi connectivity index (χ2v) is 5.25. The van der Waals surface area contributed by atoms with Crippen LogP contribution in [0.3, 0.4) is 0 Å². The van der Waals surface area contributed by atoms with Gasteiger partial charge in [-0.05, 0) is 30.5 Å². The van der Waals surface area contributed by atoms with Crippen molar-refractivity contribution in [2.24, 2.45) is 0 Å². The van der Waals surface area contributed by atoms with Crippen LogP contribution >= 0.6 is 0 Å². The summed E-state index contributed by atoms with van der Waals surface area (Å²) in [6.45, 7) is 4.76. The fourth-order valence-electron chi connectivity index (χ4n) is 2.52. The molecule has 0 bridgehead atoms. The number of aromatic nitrogens is 2. The van der Waals surface area contributed by atoms with Crippen LogP contribution in [-0.4, -0.2) is 34.6 Å². The van der Waals surface area contributed by atoms with Crippen molar-refractivity contribution < 1.29 is 0 Å². The van der Waals surface area contributed by atoms with E-state index in [1.807, 2.05) is 13.0 Å². The molecule has 1 aliphatic rings. The third kappa shape index (κ3) is 3.67. The molecule has 3 rings (SSSR count). The first-order chi connectivity index (χ1) is 10.3. The van der Waals surface area contributed by atoms with Crippen molar-refractivity contribution in [2.45, 2.75) is 13.3 Å². The number of hydrogen-bond acceptors (Lipinski definition) is 4. The Kier molecular flexibility index (Phi) is 4.26. The summed E-state index contributed by atoms with van der Waals surface area (Å²) in [5.74, 6) is 1.69. The summed E-state index contributed by atoms with van der Waals surface area (Å²) in [5, 5.41) is 3.36. The molecule has 0 unspecified atom stereocenters. The van der Waals surface area contributed by atoms with Crippen LogP contribution in [0.4, 0.5) is 5.82 Å². The Bertz CT molecular complexity index is 622. The van der Waals surface area contributed by atoms with Gasteiger partial charge in [0, 0.05) is 19.3 Å². The lowest BCUT2D eigenvalue weighted by Crippen LogP contribution is -2.33. The van der Waals surface area contributed by atoms with Gasteiger partial charge in [0.15, 0.2) is 0 Å². The van der Waals surface area contributed by atoms with Crippen LogP contribution in [0.25, 0.3) is 5.57 Å². The Morgan fingerprint density at radius 1 is 1.19 bits per heavy atom. The number of rotatable bonds is 4. The topological polar surface area (TPSA) is 41.1 Å². The van der Waals surface area contributed by atoms with E-state index in [-0.39, 0.29) is 0 Å². The highest BCUT2D eigenvalue weighted by Gasteiger charge is 2.12. The van der Waals surface area contributed by atoms with Crippen molar-refractivity contribution in [1.82, 2.24) is 14.9 Å². The maximum Gasteiger partial charge on any atom is 0.130 e. The van der Waals surface area contributed by atoms with E-state index in [1.54, 1.807) is 6.20 Å². The van der Waals surface area contributed by atoms with Crippen LogP contribution in [-0.2, 0) is 0 Å². The molecule has 21 heavy (non-hydrogen) atoms. The van der Waals surface area contributed by atoms with Gasteiger partial charge in [0.05, 0.1) is 6.67 Å². The largest absolute Gasteiger partial charge is 0.357 e. The first kappa shape index (κ1) is 13.8. The molecule has 0 saturated carbocycles. The van der Waals surface area contributed by atoms with Crippen molar-refractivity contribution in [3.63, 3.8) is 0 Å². The highest BCUT2D eigenvalue weighted by molar-refractivity contribution is 5.66. The van der Waals surface area contributed by atoms with E-state index >= 15 is 0 Å². The number of anilines is 1. The van der Waals surface area contributed by atoms with Crippen molar-refractivity contribution in [3.05, 3.63) is 60.1 Å². The molecule has 0 saturated heterocycles.